The van der Waals surface area contributed by atoms with Crippen molar-refractivity contribution in [2.45, 2.75) is 32.1 Å². The Hall–Kier alpha value is -2.09. The first-order valence-electron chi connectivity index (χ1n) is 7.51. The minimum atomic E-state index is -0.0668. The predicted octanol–water partition coefficient (Wildman–Crippen LogP) is 4.01. The van der Waals surface area contributed by atoms with Crippen LogP contribution < -0.4 is 0 Å². The number of aryl methyl sites for hydroxylation is 1. The minimum absolute atomic E-state index is 0.0668. The van der Waals surface area contributed by atoms with Crippen molar-refractivity contribution in [3.05, 3.63) is 70.8 Å². The summed E-state index contributed by atoms with van der Waals surface area (Å²) in [6.45, 7) is 2.68. The summed E-state index contributed by atoms with van der Waals surface area (Å²) >= 11 is 0. The number of hydrogen-bond donors (Lipinski definition) is 0. The maximum absolute atomic E-state index is 11.2. The van der Waals surface area contributed by atoms with E-state index < -0.39 is 0 Å². The summed E-state index contributed by atoms with van der Waals surface area (Å²) in [5.74, 6) is 0.278. The first-order valence-corrected chi connectivity index (χ1v) is 7.51. The monoisotopic (exact) mass is 280 g/mol. The van der Waals surface area contributed by atoms with Gasteiger partial charge in [0, 0.05) is 12.3 Å². The van der Waals surface area contributed by atoms with E-state index in [9.17, 15) is 4.79 Å². The Kier molecular flexibility index (Phi) is 4.05. The normalized spacial score (nSPS) is 18.3. The lowest BCUT2D eigenvalue weighted by molar-refractivity contribution is -0.147. The van der Waals surface area contributed by atoms with E-state index in [2.05, 4.69) is 49.4 Å². The average molecular weight is 280 g/mol. The van der Waals surface area contributed by atoms with Crippen molar-refractivity contribution in [3.8, 4) is 0 Å². The van der Waals surface area contributed by atoms with Crippen LogP contribution in [0.15, 0.2) is 48.5 Å². The summed E-state index contributed by atoms with van der Waals surface area (Å²) in [6.07, 6.45) is 2.38. The molecule has 0 N–H and O–H groups in total. The van der Waals surface area contributed by atoms with Crippen molar-refractivity contribution in [3.63, 3.8) is 0 Å². The number of cyclic esters (lactones) is 1. The molecule has 1 aliphatic rings. The van der Waals surface area contributed by atoms with Gasteiger partial charge in [-0.15, -0.1) is 0 Å². The van der Waals surface area contributed by atoms with E-state index in [4.69, 9.17) is 4.74 Å². The number of carbonyl (C=O) groups excluding carboxylic acids is 1. The van der Waals surface area contributed by atoms with Crippen molar-refractivity contribution < 1.29 is 9.53 Å². The van der Waals surface area contributed by atoms with Gasteiger partial charge >= 0.3 is 5.97 Å². The molecule has 1 fully saturated rings. The van der Waals surface area contributed by atoms with Crippen molar-refractivity contribution >= 4 is 5.97 Å². The zero-order chi connectivity index (χ0) is 14.7. The lowest BCUT2D eigenvalue weighted by Gasteiger charge is -2.23. The van der Waals surface area contributed by atoms with Crippen LogP contribution in [-0.2, 0) is 16.0 Å². The van der Waals surface area contributed by atoms with Gasteiger partial charge in [0.1, 0.15) is 0 Å². The zero-order valence-electron chi connectivity index (χ0n) is 12.3. The molecule has 2 aromatic rings. The molecule has 2 nitrogen and oxygen atoms in total. The highest BCUT2D eigenvalue weighted by Crippen LogP contribution is 2.28. The van der Waals surface area contributed by atoms with E-state index in [0.29, 0.717) is 18.9 Å². The molecule has 0 radical (unpaired) electrons. The molecule has 1 aliphatic heterocycles. The van der Waals surface area contributed by atoms with Gasteiger partial charge in [-0.1, -0.05) is 48.5 Å². The number of carbonyl (C=O) groups is 1. The molecule has 0 aromatic heterocycles. The standard InChI is InChI=1S/C19H20O2/c1-14-7-8-16(17-9-10-19(20)21-13-17)12-18(14)11-15-5-3-2-4-6-15/h2-8,12,17H,9-11,13H2,1H3/t17-/m1/s1. The van der Waals surface area contributed by atoms with Crippen molar-refractivity contribution in [2.24, 2.45) is 0 Å². The van der Waals surface area contributed by atoms with E-state index in [1.807, 2.05) is 6.07 Å². The summed E-state index contributed by atoms with van der Waals surface area (Å²) in [4.78, 5) is 11.2. The number of hydrogen-bond acceptors (Lipinski definition) is 2. The molecular weight excluding hydrogens is 260 g/mol. The Labute approximate surface area is 125 Å². The van der Waals surface area contributed by atoms with Crippen LogP contribution in [0.25, 0.3) is 0 Å². The topological polar surface area (TPSA) is 26.3 Å². The molecule has 1 saturated heterocycles. The summed E-state index contributed by atoms with van der Waals surface area (Å²) in [5, 5.41) is 0. The predicted molar refractivity (Wildman–Crippen MR) is 83.4 cm³/mol. The largest absolute Gasteiger partial charge is 0.465 e. The molecule has 21 heavy (non-hydrogen) atoms. The molecule has 0 saturated carbocycles. The molecule has 3 rings (SSSR count). The molecule has 0 aliphatic carbocycles. The van der Waals surface area contributed by atoms with Crippen LogP contribution in [0.2, 0.25) is 0 Å². The molecular formula is C19H20O2. The van der Waals surface area contributed by atoms with E-state index in [1.54, 1.807) is 0 Å². The zero-order valence-corrected chi connectivity index (χ0v) is 12.3. The third-order valence-corrected chi connectivity index (χ3v) is 4.22. The minimum Gasteiger partial charge on any atom is -0.465 e. The molecule has 1 atom stereocenters. The third kappa shape index (κ3) is 3.33. The van der Waals surface area contributed by atoms with Crippen molar-refractivity contribution in [1.29, 1.82) is 0 Å². The summed E-state index contributed by atoms with van der Waals surface area (Å²) in [5.41, 5.74) is 5.29. The van der Waals surface area contributed by atoms with Crippen molar-refractivity contribution in [1.82, 2.24) is 0 Å². The van der Waals surface area contributed by atoms with Crippen LogP contribution >= 0.6 is 0 Å². The Bertz CT molecular complexity index is 621. The van der Waals surface area contributed by atoms with Gasteiger partial charge in [-0.2, -0.15) is 0 Å². The van der Waals surface area contributed by atoms with Crippen LogP contribution in [0.4, 0.5) is 0 Å². The van der Waals surface area contributed by atoms with E-state index in [-0.39, 0.29) is 5.97 Å². The van der Waals surface area contributed by atoms with Gasteiger partial charge in [0.05, 0.1) is 6.61 Å². The molecule has 0 spiro atoms. The highest BCUT2D eigenvalue weighted by Gasteiger charge is 2.21. The fourth-order valence-corrected chi connectivity index (χ4v) is 2.86. The van der Waals surface area contributed by atoms with Crippen LogP contribution in [0, 0.1) is 6.92 Å². The smallest absolute Gasteiger partial charge is 0.305 e. The Balaban J connectivity index is 1.81. The second-order valence-electron chi connectivity index (χ2n) is 5.77. The SMILES string of the molecule is Cc1ccc([C@@H]2CCC(=O)OC2)cc1Cc1ccccc1. The molecule has 0 bridgehead atoms. The number of ether oxygens (including phenoxy) is 1. The second-order valence-corrected chi connectivity index (χ2v) is 5.77. The molecule has 108 valence electrons. The molecule has 1 heterocycles. The van der Waals surface area contributed by atoms with Gasteiger partial charge in [-0.3, -0.25) is 4.79 Å². The van der Waals surface area contributed by atoms with Crippen LogP contribution in [0.5, 0.6) is 0 Å². The fourth-order valence-electron chi connectivity index (χ4n) is 2.86. The highest BCUT2D eigenvalue weighted by atomic mass is 16.5. The lowest BCUT2D eigenvalue weighted by Crippen LogP contribution is -2.20. The number of benzene rings is 2. The summed E-state index contributed by atoms with van der Waals surface area (Å²) in [7, 11) is 0. The molecule has 0 unspecified atom stereocenters. The Morgan fingerprint density at radius 3 is 2.67 bits per heavy atom. The van der Waals surface area contributed by atoms with Gasteiger partial charge in [-0.25, -0.2) is 0 Å². The van der Waals surface area contributed by atoms with Gasteiger partial charge in [0.2, 0.25) is 0 Å². The number of rotatable bonds is 3. The third-order valence-electron chi connectivity index (χ3n) is 4.22. The van der Waals surface area contributed by atoms with E-state index >= 15 is 0 Å². The second kappa shape index (κ2) is 6.13. The first-order chi connectivity index (χ1) is 10.2. The molecule has 2 aromatic carbocycles. The first kappa shape index (κ1) is 13.9. The van der Waals surface area contributed by atoms with Gasteiger partial charge in [-0.05, 0) is 42.0 Å². The van der Waals surface area contributed by atoms with Gasteiger partial charge in [0.25, 0.3) is 0 Å². The number of esters is 1. The van der Waals surface area contributed by atoms with E-state index in [0.717, 1.165) is 12.8 Å². The van der Waals surface area contributed by atoms with Gasteiger partial charge < -0.3 is 4.74 Å². The summed E-state index contributed by atoms with van der Waals surface area (Å²) < 4.78 is 5.19. The fraction of sp³-hybridized carbons (Fsp3) is 0.316. The maximum Gasteiger partial charge on any atom is 0.305 e. The quantitative estimate of drug-likeness (QED) is 0.794. The van der Waals surface area contributed by atoms with Crippen LogP contribution in [0.3, 0.4) is 0 Å². The maximum atomic E-state index is 11.2. The Morgan fingerprint density at radius 1 is 1.14 bits per heavy atom. The van der Waals surface area contributed by atoms with Crippen LogP contribution in [0.1, 0.15) is 41.0 Å². The summed E-state index contributed by atoms with van der Waals surface area (Å²) in [6, 6.07) is 17.2. The average Bonchev–Trinajstić information content (AvgIpc) is 2.51. The van der Waals surface area contributed by atoms with E-state index in [1.165, 1.54) is 22.3 Å². The molecule has 2 heteroatoms. The van der Waals surface area contributed by atoms with Gasteiger partial charge in [0.15, 0.2) is 0 Å². The molecule has 0 amide bonds. The lowest BCUT2D eigenvalue weighted by atomic mass is 9.89. The van der Waals surface area contributed by atoms with Crippen molar-refractivity contribution in [2.75, 3.05) is 6.61 Å². The Morgan fingerprint density at radius 2 is 1.95 bits per heavy atom. The van der Waals surface area contributed by atoms with Crippen LogP contribution in [-0.4, -0.2) is 12.6 Å². The highest BCUT2D eigenvalue weighted by molar-refractivity contribution is 5.70.